The lowest BCUT2D eigenvalue weighted by atomic mass is 10.1. The molecular weight excluding hydrogens is 310 g/mol. The molecule has 4 heteroatoms. The molecule has 1 aromatic carbocycles. The molecule has 2 aromatic rings. The van der Waals surface area contributed by atoms with Crippen LogP contribution in [0.2, 0.25) is 0 Å². The summed E-state index contributed by atoms with van der Waals surface area (Å²) < 4.78 is 1.47. The number of nitrogens with one attached hydrogen (secondary N) is 1. The van der Waals surface area contributed by atoms with Crippen molar-refractivity contribution in [2.75, 3.05) is 0 Å². The second kappa shape index (κ2) is 3.51. The van der Waals surface area contributed by atoms with Crippen molar-refractivity contribution in [2.24, 2.45) is 0 Å². The molecule has 72 valence electrons. The first-order valence-electron chi connectivity index (χ1n) is 4.07. The van der Waals surface area contributed by atoms with Gasteiger partial charge in [-0.15, -0.1) is 0 Å². The molecule has 0 aliphatic rings. The lowest BCUT2D eigenvalue weighted by Gasteiger charge is -2.03. The number of fused-ring (bicyclic) bond motifs is 1. The highest BCUT2D eigenvalue weighted by Crippen LogP contribution is 2.23. The Kier molecular flexibility index (Phi) is 2.49. The van der Waals surface area contributed by atoms with Crippen LogP contribution >= 0.6 is 31.9 Å². The summed E-state index contributed by atoms with van der Waals surface area (Å²) in [7, 11) is 0. The van der Waals surface area contributed by atoms with Crippen molar-refractivity contribution in [2.45, 2.75) is 6.92 Å². The van der Waals surface area contributed by atoms with Crippen molar-refractivity contribution in [1.82, 2.24) is 4.98 Å². The Morgan fingerprint density at radius 3 is 2.64 bits per heavy atom. The van der Waals surface area contributed by atoms with E-state index >= 15 is 0 Å². The third-order valence-corrected chi connectivity index (χ3v) is 3.40. The van der Waals surface area contributed by atoms with Crippen molar-refractivity contribution in [3.8, 4) is 0 Å². The number of aromatic nitrogens is 1. The van der Waals surface area contributed by atoms with Crippen LogP contribution in [0.1, 0.15) is 5.56 Å². The molecule has 14 heavy (non-hydrogen) atoms. The van der Waals surface area contributed by atoms with E-state index < -0.39 is 0 Å². The zero-order valence-corrected chi connectivity index (χ0v) is 10.6. The van der Waals surface area contributed by atoms with Crippen molar-refractivity contribution in [3.05, 3.63) is 43.1 Å². The van der Waals surface area contributed by atoms with Gasteiger partial charge in [-0.25, -0.2) is 0 Å². The van der Waals surface area contributed by atoms with Crippen LogP contribution in [0.5, 0.6) is 0 Å². The van der Waals surface area contributed by atoms with E-state index in [1.165, 1.54) is 0 Å². The van der Waals surface area contributed by atoms with Gasteiger partial charge in [0, 0.05) is 10.7 Å². The summed E-state index contributed by atoms with van der Waals surface area (Å²) in [6.07, 6.45) is 1.66. The number of aryl methyl sites for hydroxylation is 1. The highest BCUT2D eigenvalue weighted by atomic mass is 79.9. The third-order valence-electron chi connectivity index (χ3n) is 2.15. The molecule has 0 aliphatic heterocycles. The summed E-state index contributed by atoms with van der Waals surface area (Å²) in [4.78, 5) is 14.9. The quantitative estimate of drug-likeness (QED) is 0.794. The summed E-state index contributed by atoms with van der Waals surface area (Å²) in [5.41, 5.74) is 1.85. The van der Waals surface area contributed by atoms with Crippen LogP contribution in [-0.2, 0) is 0 Å². The van der Waals surface area contributed by atoms with E-state index in [9.17, 15) is 4.79 Å². The van der Waals surface area contributed by atoms with E-state index in [0.717, 1.165) is 20.9 Å². The first-order valence-corrected chi connectivity index (χ1v) is 5.66. The van der Waals surface area contributed by atoms with Crippen LogP contribution in [0.25, 0.3) is 10.9 Å². The summed E-state index contributed by atoms with van der Waals surface area (Å²) in [5.74, 6) is 0. The molecule has 0 amide bonds. The molecule has 1 aromatic heterocycles. The molecular formula is C10H7Br2NO. The molecule has 1 N–H and O–H groups in total. The van der Waals surface area contributed by atoms with Crippen molar-refractivity contribution < 1.29 is 0 Å². The van der Waals surface area contributed by atoms with Crippen LogP contribution in [0, 0.1) is 6.92 Å². The molecule has 0 radical (unpaired) electrons. The zero-order valence-electron chi connectivity index (χ0n) is 7.40. The highest BCUT2D eigenvalue weighted by Gasteiger charge is 2.07. The number of aromatic amines is 1. The standard InChI is InChI=1S/C10H7Br2NO/c1-5-2-3-6(11)9-8(5)10(14)7(12)4-13-9/h2-4H,1H3,(H,13,14). The van der Waals surface area contributed by atoms with Gasteiger partial charge in [0.1, 0.15) is 0 Å². The molecule has 0 bridgehead atoms. The van der Waals surface area contributed by atoms with Gasteiger partial charge in [-0.3, -0.25) is 4.79 Å². The van der Waals surface area contributed by atoms with E-state index in [2.05, 4.69) is 36.8 Å². The van der Waals surface area contributed by atoms with Crippen LogP contribution in [0.15, 0.2) is 32.1 Å². The topological polar surface area (TPSA) is 32.9 Å². The number of H-pyrrole nitrogens is 1. The summed E-state index contributed by atoms with van der Waals surface area (Å²) in [5, 5.41) is 0.730. The first kappa shape index (κ1) is 9.93. The molecule has 0 saturated heterocycles. The first-order chi connectivity index (χ1) is 6.61. The second-order valence-corrected chi connectivity index (χ2v) is 4.79. The number of benzene rings is 1. The van der Waals surface area contributed by atoms with Gasteiger partial charge in [-0.05, 0) is 50.4 Å². The normalized spacial score (nSPS) is 10.8. The Hall–Kier alpha value is -0.610. The predicted octanol–water partition coefficient (Wildman–Crippen LogP) is 3.36. The number of hydrogen-bond donors (Lipinski definition) is 1. The maximum absolute atomic E-state index is 11.8. The van der Waals surface area contributed by atoms with Crippen molar-refractivity contribution >= 4 is 42.8 Å². The van der Waals surface area contributed by atoms with Gasteiger partial charge < -0.3 is 4.98 Å². The fourth-order valence-electron chi connectivity index (χ4n) is 1.44. The minimum Gasteiger partial charge on any atom is -0.359 e. The van der Waals surface area contributed by atoms with Gasteiger partial charge in [0.05, 0.1) is 15.4 Å². The minimum atomic E-state index is 0.0255. The molecule has 0 saturated carbocycles. The minimum absolute atomic E-state index is 0.0255. The smallest absolute Gasteiger partial charge is 0.203 e. The molecule has 0 atom stereocenters. The van der Waals surface area contributed by atoms with Crippen LogP contribution in [-0.4, -0.2) is 4.98 Å². The van der Waals surface area contributed by atoms with E-state index in [1.54, 1.807) is 6.20 Å². The Bertz CT molecular complexity index is 560. The number of hydrogen-bond acceptors (Lipinski definition) is 1. The lowest BCUT2D eigenvalue weighted by Crippen LogP contribution is -2.05. The molecule has 0 aliphatic carbocycles. The largest absolute Gasteiger partial charge is 0.359 e. The maximum Gasteiger partial charge on any atom is 0.203 e. The molecule has 2 rings (SSSR count). The molecule has 0 spiro atoms. The lowest BCUT2D eigenvalue weighted by molar-refractivity contribution is 1.33. The van der Waals surface area contributed by atoms with Gasteiger partial charge in [0.15, 0.2) is 0 Å². The number of pyridine rings is 1. The average molecular weight is 317 g/mol. The Morgan fingerprint density at radius 1 is 1.21 bits per heavy atom. The SMILES string of the molecule is Cc1ccc(Br)c2[nH]cc(Br)c(=O)c12. The van der Waals surface area contributed by atoms with Crippen molar-refractivity contribution in [3.63, 3.8) is 0 Å². The van der Waals surface area contributed by atoms with Gasteiger partial charge in [0.2, 0.25) is 5.43 Å². The molecule has 0 fully saturated rings. The molecule has 2 nitrogen and oxygen atoms in total. The van der Waals surface area contributed by atoms with E-state index in [0.29, 0.717) is 4.47 Å². The summed E-state index contributed by atoms with van der Waals surface area (Å²) in [6.45, 7) is 1.93. The fraction of sp³-hybridized carbons (Fsp3) is 0.100. The Labute approximate surface area is 97.6 Å². The highest BCUT2D eigenvalue weighted by molar-refractivity contribution is 9.11. The summed E-state index contributed by atoms with van der Waals surface area (Å²) in [6, 6.07) is 3.86. The Morgan fingerprint density at radius 2 is 1.93 bits per heavy atom. The number of rotatable bonds is 0. The predicted molar refractivity (Wildman–Crippen MR) is 64.7 cm³/mol. The Balaban J connectivity index is 3.09. The van der Waals surface area contributed by atoms with Crippen LogP contribution in [0.4, 0.5) is 0 Å². The molecule has 0 unspecified atom stereocenters. The summed E-state index contributed by atoms with van der Waals surface area (Å²) >= 11 is 6.62. The fourth-order valence-corrected chi connectivity index (χ4v) is 2.19. The number of halogens is 2. The van der Waals surface area contributed by atoms with Crippen LogP contribution < -0.4 is 5.43 Å². The van der Waals surface area contributed by atoms with E-state index in [4.69, 9.17) is 0 Å². The molecule has 1 heterocycles. The third kappa shape index (κ3) is 1.42. The van der Waals surface area contributed by atoms with Gasteiger partial charge in [0.25, 0.3) is 0 Å². The van der Waals surface area contributed by atoms with Gasteiger partial charge in [-0.1, -0.05) is 6.07 Å². The maximum atomic E-state index is 11.8. The zero-order chi connectivity index (χ0) is 10.3. The van der Waals surface area contributed by atoms with Crippen molar-refractivity contribution in [1.29, 1.82) is 0 Å². The van der Waals surface area contributed by atoms with E-state index in [1.807, 2.05) is 19.1 Å². The second-order valence-electron chi connectivity index (χ2n) is 3.08. The van der Waals surface area contributed by atoms with Gasteiger partial charge >= 0.3 is 0 Å². The van der Waals surface area contributed by atoms with Gasteiger partial charge in [-0.2, -0.15) is 0 Å². The van der Waals surface area contributed by atoms with E-state index in [-0.39, 0.29) is 5.43 Å². The average Bonchev–Trinajstić information content (AvgIpc) is 2.16. The monoisotopic (exact) mass is 315 g/mol. The van der Waals surface area contributed by atoms with Crippen LogP contribution in [0.3, 0.4) is 0 Å².